The molecule has 0 saturated heterocycles. The highest BCUT2D eigenvalue weighted by atomic mass is 16.5. The van der Waals surface area contributed by atoms with Gasteiger partial charge in [0.05, 0.1) is 18.4 Å². The quantitative estimate of drug-likeness (QED) is 0.825. The number of benzene rings is 1. The summed E-state index contributed by atoms with van der Waals surface area (Å²) in [7, 11) is 1.56. The zero-order valence-electron chi connectivity index (χ0n) is 11.4. The van der Waals surface area contributed by atoms with E-state index in [0.717, 1.165) is 0 Å². The molecule has 0 fully saturated rings. The van der Waals surface area contributed by atoms with Gasteiger partial charge in [-0.05, 0) is 31.5 Å². The predicted octanol–water partition coefficient (Wildman–Crippen LogP) is 2.07. The van der Waals surface area contributed by atoms with Gasteiger partial charge in [-0.3, -0.25) is 9.59 Å². The topological polar surface area (TPSA) is 75.6 Å². The number of carbonyl (C=O) groups is 2. The highest BCUT2D eigenvalue weighted by Crippen LogP contribution is 2.16. The molecule has 0 aromatic heterocycles. The molecule has 2 N–H and O–H groups in total. The van der Waals surface area contributed by atoms with Crippen molar-refractivity contribution in [3.05, 3.63) is 29.8 Å². The van der Waals surface area contributed by atoms with Gasteiger partial charge in [-0.1, -0.05) is 12.1 Å². The molecule has 0 bridgehead atoms. The third kappa shape index (κ3) is 5.52. The fourth-order valence-electron chi connectivity index (χ4n) is 1.60. The zero-order valence-corrected chi connectivity index (χ0v) is 11.4. The lowest BCUT2D eigenvalue weighted by atomic mass is 10.0. The van der Waals surface area contributed by atoms with Crippen LogP contribution in [-0.2, 0) is 20.7 Å². The molecule has 0 aliphatic rings. The smallest absolute Gasteiger partial charge is 0.307 e. The Kier molecular flexibility index (Phi) is 5.06. The van der Waals surface area contributed by atoms with Crippen molar-refractivity contribution in [1.82, 2.24) is 0 Å². The first-order valence-electron chi connectivity index (χ1n) is 5.98. The number of nitrogens with one attached hydrogen (secondary N) is 1. The molecule has 0 aliphatic heterocycles. The average Bonchev–Trinajstić information content (AvgIpc) is 2.27. The van der Waals surface area contributed by atoms with Gasteiger partial charge in [0, 0.05) is 12.8 Å². The molecular weight excluding hydrogens is 246 g/mol. The number of amides is 1. The maximum atomic E-state index is 11.8. The molecule has 1 aromatic rings. The Morgan fingerprint density at radius 1 is 1.37 bits per heavy atom. The molecule has 0 spiro atoms. The number of carboxylic acid groups (broad SMARTS) is 1. The van der Waals surface area contributed by atoms with E-state index < -0.39 is 11.6 Å². The molecule has 1 amide bonds. The maximum Gasteiger partial charge on any atom is 0.307 e. The summed E-state index contributed by atoms with van der Waals surface area (Å²) in [4.78, 5) is 22.4. The minimum absolute atomic E-state index is 0.0622. The van der Waals surface area contributed by atoms with Crippen molar-refractivity contribution in [2.24, 2.45) is 0 Å². The second-order valence-corrected chi connectivity index (χ2v) is 4.96. The van der Waals surface area contributed by atoms with Crippen LogP contribution in [0.3, 0.4) is 0 Å². The number of carbonyl (C=O) groups excluding carboxylic acids is 1. The molecule has 104 valence electrons. The van der Waals surface area contributed by atoms with E-state index in [0.29, 0.717) is 11.3 Å². The lowest BCUT2D eigenvalue weighted by Crippen LogP contribution is -2.29. The zero-order chi connectivity index (χ0) is 14.5. The van der Waals surface area contributed by atoms with Crippen molar-refractivity contribution < 1.29 is 19.4 Å². The van der Waals surface area contributed by atoms with E-state index in [2.05, 4.69) is 5.32 Å². The van der Waals surface area contributed by atoms with Crippen molar-refractivity contribution in [3.63, 3.8) is 0 Å². The maximum absolute atomic E-state index is 11.8. The Hall–Kier alpha value is -1.88. The van der Waals surface area contributed by atoms with E-state index in [9.17, 15) is 9.59 Å². The number of rotatable bonds is 6. The second-order valence-electron chi connectivity index (χ2n) is 4.96. The van der Waals surface area contributed by atoms with Gasteiger partial charge in [-0.2, -0.15) is 0 Å². The van der Waals surface area contributed by atoms with Crippen molar-refractivity contribution in [2.45, 2.75) is 32.3 Å². The van der Waals surface area contributed by atoms with E-state index >= 15 is 0 Å². The molecule has 1 aromatic carbocycles. The minimum Gasteiger partial charge on any atom is -0.481 e. The van der Waals surface area contributed by atoms with E-state index in [1.807, 2.05) is 13.8 Å². The highest BCUT2D eigenvalue weighted by molar-refractivity contribution is 5.91. The van der Waals surface area contributed by atoms with Gasteiger partial charge < -0.3 is 15.2 Å². The van der Waals surface area contributed by atoms with Gasteiger partial charge in [0.15, 0.2) is 0 Å². The SMILES string of the molecule is COC(C)(C)CC(=O)Nc1cccc(CC(=O)O)c1. The number of hydrogen-bond donors (Lipinski definition) is 2. The summed E-state index contributed by atoms with van der Waals surface area (Å²) < 4.78 is 5.18. The van der Waals surface area contributed by atoms with Gasteiger partial charge in [0.1, 0.15) is 0 Å². The Morgan fingerprint density at radius 3 is 2.63 bits per heavy atom. The molecule has 19 heavy (non-hydrogen) atoms. The van der Waals surface area contributed by atoms with E-state index in [1.165, 1.54) is 0 Å². The van der Waals surface area contributed by atoms with E-state index in [4.69, 9.17) is 9.84 Å². The predicted molar refractivity (Wildman–Crippen MR) is 72.1 cm³/mol. The summed E-state index contributed by atoms with van der Waals surface area (Å²) >= 11 is 0. The lowest BCUT2D eigenvalue weighted by molar-refractivity contribution is -0.136. The molecule has 0 atom stereocenters. The first kappa shape index (κ1) is 15.2. The third-order valence-corrected chi connectivity index (χ3v) is 2.70. The minimum atomic E-state index is -0.899. The second kappa shape index (κ2) is 6.33. The fourth-order valence-corrected chi connectivity index (χ4v) is 1.60. The average molecular weight is 265 g/mol. The summed E-state index contributed by atoms with van der Waals surface area (Å²) in [6, 6.07) is 6.81. The molecule has 0 aliphatic carbocycles. The molecule has 5 nitrogen and oxygen atoms in total. The van der Waals surface area contributed by atoms with E-state index in [1.54, 1.807) is 31.4 Å². The van der Waals surface area contributed by atoms with Gasteiger partial charge in [-0.25, -0.2) is 0 Å². The molecule has 0 unspecified atom stereocenters. The largest absolute Gasteiger partial charge is 0.481 e. The number of methoxy groups -OCH3 is 1. The molecule has 0 radical (unpaired) electrons. The van der Waals surface area contributed by atoms with Crippen LogP contribution in [0.2, 0.25) is 0 Å². The third-order valence-electron chi connectivity index (χ3n) is 2.70. The van der Waals surface area contributed by atoms with Crippen LogP contribution in [-0.4, -0.2) is 29.7 Å². The first-order chi connectivity index (χ1) is 8.82. The fraction of sp³-hybridized carbons (Fsp3) is 0.429. The molecule has 0 heterocycles. The summed E-state index contributed by atoms with van der Waals surface area (Å²) in [5.74, 6) is -1.07. The van der Waals surface area contributed by atoms with Crippen LogP contribution in [0.15, 0.2) is 24.3 Å². The van der Waals surface area contributed by atoms with Gasteiger partial charge in [0.2, 0.25) is 5.91 Å². The summed E-state index contributed by atoms with van der Waals surface area (Å²) in [5.41, 5.74) is 0.718. The molecule has 5 heteroatoms. The first-order valence-corrected chi connectivity index (χ1v) is 5.98. The molecular formula is C14H19NO4. The van der Waals surface area contributed by atoms with Crippen molar-refractivity contribution >= 4 is 17.6 Å². The van der Waals surface area contributed by atoms with Crippen molar-refractivity contribution in [1.29, 1.82) is 0 Å². The van der Waals surface area contributed by atoms with Crippen LogP contribution in [0, 0.1) is 0 Å². The number of aliphatic carboxylic acids is 1. The number of ether oxygens (including phenoxy) is 1. The highest BCUT2D eigenvalue weighted by Gasteiger charge is 2.21. The monoisotopic (exact) mass is 265 g/mol. The summed E-state index contributed by atoms with van der Waals surface area (Å²) in [6.45, 7) is 3.65. The Morgan fingerprint density at radius 2 is 2.05 bits per heavy atom. The van der Waals surface area contributed by atoms with Gasteiger partial charge >= 0.3 is 5.97 Å². The Labute approximate surface area is 112 Å². The van der Waals surface area contributed by atoms with Crippen LogP contribution in [0.25, 0.3) is 0 Å². The van der Waals surface area contributed by atoms with Gasteiger partial charge in [0.25, 0.3) is 0 Å². The van der Waals surface area contributed by atoms with Crippen LogP contribution >= 0.6 is 0 Å². The van der Waals surface area contributed by atoms with Crippen LogP contribution in [0.1, 0.15) is 25.8 Å². The van der Waals surface area contributed by atoms with Crippen molar-refractivity contribution in [3.8, 4) is 0 Å². The summed E-state index contributed by atoms with van der Waals surface area (Å²) in [6.07, 6.45) is 0.167. The van der Waals surface area contributed by atoms with Crippen LogP contribution in [0.5, 0.6) is 0 Å². The molecule has 1 rings (SSSR count). The standard InChI is InChI=1S/C14H19NO4/c1-14(2,19-3)9-12(16)15-11-6-4-5-10(7-11)8-13(17)18/h4-7H,8-9H2,1-3H3,(H,15,16)(H,17,18). The Balaban J connectivity index is 2.67. The number of anilines is 1. The summed E-state index contributed by atoms with van der Waals surface area (Å²) in [5, 5.41) is 11.5. The van der Waals surface area contributed by atoms with Crippen LogP contribution in [0.4, 0.5) is 5.69 Å². The number of hydrogen-bond acceptors (Lipinski definition) is 3. The van der Waals surface area contributed by atoms with Crippen molar-refractivity contribution in [2.75, 3.05) is 12.4 Å². The normalized spacial score (nSPS) is 11.1. The molecule has 0 saturated carbocycles. The van der Waals surface area contributed by atoms with Gasteiger partial charge in [-0.15, -0.1) is 0 Å². The number of carboxylic acids is 1. The van der Waals surface area contributed by atoms with Crippen LogP contribution < -0.4 is 5.32 Å². The lowest BCUT2D eigenvalue weighted by Gasteiger charge is -2.21. The Bertz CT molecular complexity index is 468. The van der Waals surface area contributed by atoms with E-state index in [-0.39, 0.29) is 18.7 Å².